The predicted molar refractivity (Wildman–Crippen MR) is 90.5 cm³/mol. The van der Waals surface area contributed by atoms with E-state index in [2.05, 4.69) is 9.97 Å². The smallest absolute Gasteiger partial charge is 0.264 e. The maximum absolute atomic E-state index is 11.3. The van der Waals surface area contributed by atoms with Crippen molar-refractivity contribution in [2.75, 3.05) is 18.6 Å². The minimum absolute atomic E-state index is 0.160. The van der Waals surface area contributed by atoms with E-state index in [0.717, 1.165) is 11.8 Å². The molecular weight excluding hydrogens is 364 g/mol. The number of ether oxygens (including phenoxy) is 3. The van der Waals surface area contributed by atoms with Crippen molar-refractivity contribution in [3.63, 3.8) is 0 Å². The van der Waals surface area contributed by atoms with Gasteiger partial charge in [0.15, 0.2) is 17.8 Å². The average Bonchev–Trinajstić information content (AvgIpc) is 3.16. The van der Waals surface area contributed by atoms with Crippen molar-refractivity contribution in [3.8, 4) is 0 Å². The summed E-state index contributed by atoms with van der Waals surface area (Å²) in [7, 11) is -3.60. The third-order valence-electron chi connectivity index (χ3n) is 4.37. The molecule has 0 radical (unpaired) electrons. The van der Waals surface area contributed by atoms with Crippen molar-refractivity contribution in [1.29, 1.82) is 0 Å². The van der Waals surface area contributed by atoms with Crippen molar-refractivity contribution in [1.82, 2.24) is 14.5 Å². The van der Waals surface area contributed by atoms with Gasteiger partial charge in [-0.2, -0.15) is 8.42 Å². The molecule has 11 heteroatoms. The quantitative estimate of drug-likeness (QED) is 0.745. The fourth-order valence-corrected chi connectivity index (χ4v) is 3.77. The lowest BCUT2D eigenvalue weighted by Gasteiger charge is -2.24. The molecule has 26 heavy (non-hydrogen) atoms. The Hall–Kier alpha value is -1.79. The zero-order chi connectivity index (χ0) is 18.7. The topological polar surface area (TPSA) is 128 Å². The minimum atomic E-state index is -3.60. The van der Waals surface area contributed by atoms with Gasteiger partial charge in [0.05, 0.1) is 24.7 Å². The van der Waals surface area contributed by atoms with Crippen molar-refractivity contribution in [2.24, 2.45) is 0 Å². The summed E-state index contributed by atoms with van der Waals surface area (Å²) >= 11 is 0. The Morgan fingerprint density at radius 2 is 2.04 bits per heavy atom. The van der Waals surface area contributed by atoms with Crippen LogP contribution >= 0.6 is 0 Å². The Labute approximate surface area is 150 Å². The lowest BCUT2D eigenvalue weighted by atomic mass is 10.1. The summed E-state index contributed by atoms with van der Waals surface area (Å²) in [6.07, 6.45) is 2.06. The third-order valence-corrected chi connectivity index (χ3v) is 4.93. The highest BCUT2D eigenvalue weighted by Crippen LogP contribution is 2.44. The number of fused-ring (bicyclic) bond motifs is 2. The van der Waals surface area contributed by atoms with Crippen LogP contribution in [-0.2, 0) is 28.5 Å². The van der Waals surface area contributed by atoms with Gasteiger partial charge in [-0.25, -0.2) is 9.97 Å². The van der Waals surface area contributed by atoms with Crippen molar-refractivity contribution < 1.29 is 26.8 Å². The second-order valence-electron chi connectivity index (χ2n) is 6.83. The molecule has 4 heterocycles. The van der Waals surface area contributed by atoms with E-state index < -0.39 is 40.4 Å². The van der Waals surface area contributed by atoms with Crippen LogP contribution in [0.15, 0.2) is 18.6 Å². The largest absolute Gasteiger partial charge is 0.382 e. The lowest BCUT2D eigenvalue weighted by molar-refractivity contribution is -0.198. The molecule has 2 aromatic heterocycles. The maximum Gasteiger partial charge on any atom is 0.264 e. The summed E-state index contributed by atoms with van der Waals surface area (Å²) in [5, 5.41) is 0. The summed E-state index contributed by atoms with van der Waals surface area (Å²) in [5.41, 5.74) is 7.16. The molecule has 4 atom stereocenters. The molecule has 2 N–H and O–H groups in total. The molecule has 0 amide bonds. The highest BCUT2D eigenvalue weighted by atomic mass is 32.2. The van der Waals surface area contributed by atoms with Crippen LogP contribution in [0.25, 0.3) is 11.0 Å². The molecule has 0 spiro atoms. The number of imidazole rings is 1. The molecule has 142 valence electrons. The number of hydrogen-bond donors (Lipinski definition) is 1. The van der Waals surface area contributed by atoms with Gasteiger partial charge in [-0.1, -0.05) is 0 Å². The van der Waals surface area contributed by atoms with Gasteiger partial charge >= 0.3 is 0 Å². The summed E-state index contributed by atoms with van der Waals surface area (Å²) < 4.78 is 47.4. The number of nitrogens with zero attached hydrogens (tertiary/aromatic N) is 3. The molecule has 0 aromatic carbocycles. The number of aromatic nitrogens is 3. The summed E-state index contributed by atoms with van der Waals surface area (Å²) in [4.78, 5) is 8.32. The van der Waals surface area contributed by atoms with Crippen LogP contribution in [0.3, 0.4) is 0 Å². The Balaban J connectivity index is 1.68. The van der Waals surface area contributed by atoms with Crippen LogP contribution in [0.4, 0.5) is 5.82 Å². The normalized spacial score (nSPS) is 30.7. The first-order chi connectivity index (χ1) is 12.1. The Morgan fingerprint density at radius 3 is 2.77 bits per heavy atom. The number of pyridine rings is 1. The van der Waals surface area contributed by atoms with Gasteiger partial charge < -0.3 is 24.5 Å². The van der Waals surface area contributed by atoms with Crippen LogP contribution in [0.1, 0.15) is 20.1 Å². The van der Waals surface area contributed by atoms with Gasteiger partial charge in [0.25, 0.3) is 10.1 Å². The Morgan fingerprint density at radius 1 is 1.31 bits per heavy atom. The van der Waals surface area contributed by atoms with Gasteiger partial charge in [0.2, 0.25) is 0 Å². The van der Waals surface area contributed by atoms with E-state index in [1.165, 1.54) is 0 Å². The Kier molecular flexibility index (Phi) is 3.97. The number of hydrogen-bond acceptors (Lipinski definition) is 9. The SMILES string of the molecule is CC1(C)O[C@@H]2[C@H](O1)[C@@H](COS(C)(=O)=O)O[C@H]2n1cnc2c(N)nccc21. The summed E-state index contributed by atoms with van der Waals surface area (Å²) in [5.74, 6) is -0.505. The van der Waals surface area contributed by atoms with E-state index in [-0.39, 0.29) is 6.61 Å². The minimum Gasteiger partial charge on any atom is -0.382 e. The van der Waals surface area contributed by atoms with Crippen LogP contribution in [0.5, 0.6) is 0 Å². The average molecular weight is 384 g/mol. The highest BCUT2D eigenvalue weighted by Gasteiger charge is 2.56. The molecule has 0 aliphatic carbocycles. The summed E-state index contributed by atoms with van der Waals surface area (Å²) in [6, 6.07) is 1.78. The molecule has 10 nitrogen and oxygen atoms in total. The van der Waals surface area contributed by atoms with E-state index in [0.29, 0.717) is 11.3 Å². The number of anilines is 1. The van der Waals surface area contributed by atoms with E-state index in [9.17, 15) is 8.42 Å². The second kappa shape index (κ2) is 5.86. The van der Waals surface area contributed by atoms with Gasteiger partial charge in [-0.3, -0.25) is 4.18 Å². The molecule has 0 bridgehead atoms. The third kappa shape index (κ3) is 3.05. The van der Waals surface area contributed by atoms with Crippen LogP contribution in [-0.4, -0.2) is 59.9 Å². The monoisotopic (exact) mass is 384 g/mol. The van der Waals surface area contributed by atoms with Crippen molar-refractivity contribution >= 4 is 27.0 Å². The lowest BCUT2D eigenvalue weighted by Crippen LogP contribution is -2.33. The van der Waals surface area contributed by atoms with E-state index in [1.54, 1.807) is 37.0 Å². The molecule has 2 aliphatic rings. The Bertz CT molecular complexity index is 943. The van der Waals surface area contributed by atoms with Crippen LogP contribution in [0.2, 0.25) is 0 Å². The van der Waals surface area contributed by atoms with Crippen molar-refractivity contribution in [2.45, 2.75) is 44.2 Å². The predicted octanol–water partition coefficient (Wildman–Crippen LogP) is 0.407. The second-order valence-corrected chi connectivity index (χ2v) is 8.48. The number of nitrogens with two attached hydrogens (primary N) is 1. The van der Waals surface area contributed by atoms with Gasteiger partial charge in [-0.15, -0.1) is 0 Å². The molecule has 2 fully saturated rings. The molecule has 2 aliphatic heterocycles. The molecular formula is C15H20N4O6S. The van der Waals surface area contributed by atoms with E-state index >= 15 is 0 Å². The fraction of sp³-hybridized carbons (Fsp3) is 0.600. The van der Waals surface area contributed by atoms with E-state index in [1.807, 2.05) is 0 Å². The first kappa shape index (κ1) is 17.6. The van der Waals surface area contributed by atoms with Gasteiger partial charge in [0.1, 0.15) is 23.8 Å². The molecule has 4 rings (SSSR count). The standard InChI is InChI=1S/C15H20N4O6S/c1-15(2)24-11-9(6-22-26(3,20)21)23-14(12(11)25-15)19-7-18-10-8(19)4-5-17-13(10)16/h4-5,7,9,11-12,14H,6H2,1-3H3,(H2,16,17)/t9-,11-,12-,14-/m1/s1. The summed E-state index contributed by atoms with van der Waals surface area (Å²) in [6.45, 7) is 3.43. The number of rotatable bonds is 4. The van der Waals surface area contributed by atoms with Gasteiger partial charge in [-0.05, 0) is 19.9 Å². The van der Waals surface area contributed by atoms with Gasteiger partial charge in [0, 0.05) is 6.20 Å². The first-order valence-corrected chi connectivity index (χ1v) is 9.89. The maximum atomic E-state index is 11.3. The highest BCUT2D eigenvalue weighted by molar-refractivity contribution is 7.85. The zero-order valence-electron chi connectivity index (χ0n) is 14.5. The zero-order valence-corrected chi connectivity index (χ0v) is 15.3. The van der Waals surface area contributed by atoms with E-state index in [4.69, 9.17) is 24.1 Å². The molecule has 2 aromatic rings. The molecule has 2 saturated heterocycles. The molecule has 0 saturated carbocycles. The first-order valence-electron chi connectivity index (χ1n) is 8.07. The van der Waals surface area contributed by atoms with Crippen LogP contribution in [0, 0.1) is 0 Å². The fourth-order valence-electron chi connectivity index (χ4n) is 3.39. The van der Waals surface area contributed by atoms with Crippen LogP contribution < -0.4 is 5.73 Å². The molecule has 0 unspecified atom stereocenters. The van der Waals surface area contributed by atoms with Crippen molar-refractivity contribution in [3.05, 3.63) is 18.6 Å². The number of nitrogen functional groups attached to an aromatic ring is 1.